The molecule has 4 rings (SSSR count). The first kappa shape index (κ1) is 15.0. The molecule has 1 aromatic carbocycles. The number of hydrogen-bond acceptors (Lipinski definition) is 3. The highest BCUT2D eigenvalue weighted by Crippen LogP contribution is 2.50. The lowest BCUT2D eigenvalue weighted by Gasteiger charge is -2.27. The van der Waals surface area contributed by atoms with E-state index in [2.05, 4.69) is 10.2 Å². The van der Waals surface area contributed by atoms with Crippen molar-refractivity contribution in [3.63, 3.8) is 0 Å². The predicted molar refractivity (Wildman–Crippen MR) is 88.1 cm³/mol. The second kappa shape index (κ2) is 5.21. The number of fused-ring (bicyclic) bond motifs is 2. The summed E-state index contributed by atoms with van der Waals surface area (Å²) in [5, 5.41) is 19.8. The van der Waals surface area contributed by atoms with Crippen LogP contribution in [0.25, 0.3) is 10.9 Å². The number of amides is 1. The summed E-state index contributed by atoms with van der Waals surface area (Å²) in [6.45, 7) is 3.41. The Balaban J connectivity index is 1.64. The Labute approximate surface area is 139 Å². The molecule has 1 aliphatic heterocycles. The lowest BCUT2D eigenvalue weighted by atomic mass is 9.88. The predicted octanol–water partition coefficient (Wildman–Crippen LogP) is 2.68. The summed E-state index contributed by atoms with van der Waals surface area (Å²) in [6.07, 6.45) is 3.64. The smallest absolute Gasteiger partial charge is 0.222 e. The molecule has 2 aromatic rings. The molecule has 0 radical (unpaired) electrons. The molecule has 2 aliphatic rings. The number of aromatic amines is 1. The van der Waals surface area contributed by atoms with Gasteiger partial charge >= 0.3 is 0 Å². The molecule has 1 aromatic heterocycles. The lowest BCUT2D eigenvalue weighted by molar-refractivity contribution is -0.130. The van der Waals surface area contributed by atoms with Gasteiger partial charge in [0.05, 0.1) is 17.3 Å². The Kier molecular flexibility index (Phi) is 3.39. The first-order valence-corrected chi connectivity index (χ1v) is 8.51. The van der Waals surface area contributed by atoms with Gasteiger partial charge in [-0.05, 0) is 42.4 Å². The van der Waals surface area contributed by atoms with Gasteiger partial charge in [-0.2, -0.15) is 5.10 Å². The highest BCUT2D eigenvalue weighted by atomic mass is 35.5. The van der Waals surface area contributed by atoms with Crippen molar-refractivity contribution in [1.82, 2.24) is 15.1 Å². The Morgan fingerprint density at radius 1 is 1.43 bits per heavy atom. The molecule has 1 aliphatic carbocycles. The number of nitrogens with one attached hydrogen (secondary N) is 1. The summed E-state index contributed by atoms with van der Waals surface area (Å²) in [5.41, 5.74) is 0.821. The molecule has 1 saturated heterocycles. The number of rotatable bonds is 2. The van der Waals surface area contributed by atoms with E-state index in [-0.39, 0.29) is 5.91 Å². The van der Waals surface area contributed by atoms with Crippen LogP contribution in [0.3, 0.4) is 0 Å². The summed E-state index contributed by atoms with van der Waals surface area (Å²) < 4.78 is 0. The van der Waals surface area contributed by atoms with E-state index in [0.717, 1.165) is 29.6 Å². The van der Waals surface area contributed by atoms with E-state index in [4.69, 9.17) is 11.6 Å². The van der Waals surface area contributed by atoms with Crippen LogP contribution in [0, 0.1) is 11.8 Å². The third kappa shape index (κ3) is 2.34. The molecule has 2 heterocycles. The van der Waals surface area contributed by atoms with E-state index in [9.17, 15) is 9.90 Å². The van der Waals surface area contributed by atoms with Crippen molar-refractivity contribution >= 4 is 28.4 Å². The number of H-pyrrole nitrogens is 1. The molecule has 2 fully saturated rings. The van der Waals surface area contributed by atoms with Crippen LogP contribution in [0.5, 0.6) is 0 Å². The van der Waals surface area contributed by atoms with Crippen molar-refractivity contribution in [2.24, 2.45) is 11.8 Å². The van der Waals surface area contributed by atoms with Crippen LogP contribution in [0.15, 0.2) is 18.3 Å². The number of aromatic nitrogens is 2. The number of carbonyl (C=O) groups is 1. The zero-order valence-corrected chi connectivity index (χ0v) is 13.8. The molecular formula is C17H20ClN3O2. The minimum absolute atomic E-state index is 0.211. The van der Waals surface area contributed by atoms with Crippen LogP contribution in [-0.2, 0) is 10.4 Å². The minimum Gasteiger partial charge on any atom is -0.385 e. The molecule has 23 heavy (non-hydrogen) atoms. The van der Waals surface area contributed by atoms with Crippen molar-refractivity contribution in [3.8, 4) is 0 Å². The molecule has 0 bridgehead atoms. The first-order valence-electron chi connectivity index (χ1n) is 8.13. The van der Waals surface area contributed by atoms with Crippen LogP contribution < -0.4 is 0 Å². The van der Waals surface area contributed by atoms with Gasteiger partial charge in [0.1, 0.15) is 0 Å². The second-order valence-electron chi connectivity index (χ2n) is 6.90. The van der Waals surface area contributed by atoms with Gasteiger partial charge < -0.3 is 10.0 Å². The van der Waals surface area contributed by atoms with E-state index in [1.165, 1.54) is 0 Å². The largest absolute Gasteiger partial charge is 0.385 e. The maximum absolute atomic E-state index is 11.9. The van der Waals surface area contributed by atoms with Crippen molar-refractivity contribution < 1.29 is 9.90 Å². The minimum atomic E-state index is -0.885. The summed E-state index contributed by atoms with van der Waals surface area (Å²) in [6, 6.07) is 3.68. The van der Waals surface area contributed by atoms with Gasteiger partial charge in [0.25, 0.3) is 0 Å². The molecule has 0 spiro atoms. The Bertz CT molecular complexity index is 758. The number of aliphatic hydroxyl groups is 1. The highest BCUT2D eigenvalue weighted by Gasteiger charge is 2.50. The van der Waals surface area contributed by atoms with Gasteiger partial charge in [-0.1, -0.05) is 18.5 Å². The Hall–Kier alpha value is -1.59. The number of carbonyl (C=O) groups excluding carboxylic acids is 1. The van der Waals surface area contributed by atoms with E-state index < -0.39 is 5.60 Å². The maximum Gasteiger partial charge on any atom is 0.222 e. The van der Waals surface area contributed by atoms with Crippen molar-refractivity contribution in [1.29, 1.82) is 0 Å². The molecule has 6 heteroatoms. The molecular weight excluding hydrogens is 314 g/mol. The standard InChI is InChI=1S/C17H20ClN3O2/c1-2-16(22)21-8-10-5-17(23,6-11(10)9-21)14-3-12(18)4-15-13(14)7-19-20-15/h3-4,7,10-11,23H,2,5-6,8-9H2,1H3,(H,19,20)/t10-,11+,17-. The SMILES string of the molecule is CCC(=O)N1C[C@@H]2C[C@@](O)(c3cc(Cl)cc4[nH]ncc34)C[C@@H]2C1. The van der Waals surface area contributed by atoms with Crippen LogP contribution in [-0.4, -0.2) is 39.2 Å². The molecule has 1 saturated carbocycles. The van der Waals surface area contributed by atoms with Crippen molar-refractivity contribution in [3.05, 3.63) is 28.9 Å². The zero-order valence-electron chi connectivity index (χ0n) is 13.1. The fraction of sp³-hybridized carbons (Fsp3) is 0.529. The topological polar surface area (TPSA) is 69.2 Å². The van der Waals surface area contributed by atoms with Gasteiger partial charge in [-0.25, -0.2) is 0 Å². The number of hydrogen-bond donors (Lipinski definition) is 2. The summed E-state index contributed by atoms with van der Waals surface area (Å²) in [5.74, 6) is 0.927. The number of likely N-dealkylation sites (tertiary alicyclic amines) is 1. The highest BCUT2D eigenvalue weighted by molar-refractivity contribution is 6.31. The summed E-state index contributed by atoms with van der Waals surface area (Å²) in [4.78, 5) is 13.8. The summed E-state index contributed by atoms with van der Waals surface area (Å²) >= 11 is 6.21. The molecule has 3 atom stereocenters. The number of nitrogens with zero attached hydrogens (tertiary/aromatic N) is 2. The molecule has 122 valence electrons. The van der Waals surface area contributed by atoms with E-state index in [1.807, 2.05) is 24.0 Å². The van der Waals surface area contributed by atoms with Crippen molar-refractivity contribution in [2.75, 3.05) is 13.1 Å². The Morgan fingerprint density at radius 3 is 2.78 bits per heavy atom. The van der Waals surface area contributed by atoms with Gasteiger partial charge in [0, 0.05) is 29.9 Å². The quantitative estimate of drug-likeness (QED) is 0.887. The molecule has 5 nitrogen and oxygen atoms in total. The maximum atomic E-state index is 11.9. The van der Waals surface area contributed by atoms with Gasteiger partial charge in [0.2, 0.25) is 5.91 Å². The van der Waals surface area contributed by atoms with Crippen LogP contribution in [0.2, 0.25) is 5.02 Å². The van der Waals surface area contributed by atoms with Crippen LogP contribution in [0.4, 0.5) is 0 Å². The fourth-order valence-corrected chi connectivity index (χ4v) is 4.62. The third-order valence-electron chi connectivity index (χ3n) is 5.46. The second-order valence-corrected chi connectivity index (χ2v) is 7.33. The fourth-order valence-electron chi connectivity index (χ4n) is 4.40. The van der Waals surface area contributed by atoms with Gasteiger partial charge in [-0.3, -0.25) is 9.89 Å². The van der Waals surface area contributed by atoms with Gasteiger partial charge in [-0.15, -0.1) is 0 Å². The zero-order chi connectivity index (χ0) is 16.2. The van der Waals surface area contributed by atoms with E-state index in [0.29, 0.717) is 36.1 Å². The van der Waals surface area contributed by atoms with Crippen LogP contribution >= 0.6 is 11.6 Å². The summed E-state index contributed by atoms with van der Waals surface area (Å²) in [7, 11) is 0. The average molecular weight is 334 g/mol. The number of halogens is 1. The van der Waals surface area contributed by atoms with Gasteiger partial charge in [0.15, 0.2) is 0 Å². The molecule has 1 amide bonds. The van der Waals surface area contributed by atoms with E-state index in [1.54, 1.807) is 6.20 Å². The Morgan fingerprint density at radius 2 is 2.13 bits per heavy atom. The lowest BCUT2D eigenvalue weighted by Crippen LogP contribution is -2.32. The van der Waals surface area contributed by atoms with Crippen LogP contribution in [0.1, 0.15) is 31.7 Å². The van der Waals surface area contributed by atoms with E-state index >= 15 is 0 Å². The number of benzene rings is 1. The monoisotopic (exact) mass is 333 g/mol. The first-order chi connectivity index (χ1) is 11.0. The van der Waals surface area contributed by atoms with Crippen molar-refractivity contribution in [2.45, 2.75) is 31.8 Å². The normalized spacial score (nSPS) is 30.1. The molecule has 2 N–H and O–H groups in total. The molecule has 0 unspecified atom stereocenters. The average Bonchev–Trinajstić information content (AvgIpc) is 3.18. The third-order valence-corrected chi connectivity index (χ3v) is 5.67.